The normalized spacial score (nSPS) is 14.9. The number of nitriles is 1. The van der Waals surface area contributed by atoms with Gasteiger partial charge in [-0.2, -0.15) is 5.26 Å². The number of carbonyl (C=O) groups is 2. The molecule has 0 aliphatic carbocycles. The van der Waals surface area contributed by atoms with Gasteiger partial charge in [0.15, 0.2) is 0 Å². The van der Waals surface area contributed by atoms with Crippen molar-refractivity contribution in [3.8, 4) is 11.8 Å². The number of ether oxygens (including phenoxy) is 2. The first-order valence-corrected chi connectivity index (χ1v) is 9.02. The van der Waals surface area contributed by atoms with Gasteiger partial charge in [-0.25, -0.2) is 4.79 Å². The number of methoxy groups -OCH3 is 1. The molecule has 1 fully saturated rings. The average Bonchev–Trinajstić information content (AvgIpc) is 2.65. The topological polar surface area (TPSA) is 94.9 Å². The lowest BCUT2D eigenvalue weighted by Gasteiger charge is -2.35. The van der Waals surface area contributed by atoms with Gasteiger partial charge < -0.3 is 24.6 Å². The van der Waals surface area contributed by atoms with E-state index in [1.165, 1.54) is 13.3 Å². The minimum absolute atomic E-state index is 0.0170. The maximum atomic E-state index is 12.4. The summed E-state index contributed by atoms with van der Waals surface area (Å²) in [5, 5.41) is 12.1. The van der Waals surface area contributed by atoms with Crippen molar-refractivity contribution in [3.63, 3.8) is 0 Å². The van der Waals surface area contributed by atoms with E-state index in [-0.39, 0.29) is 11.7 Å². The van der Waals surface area contributed by atoms with Crippen LogP contribution in [0.2, 0.25) is 0 Å². The maximum Gasteiger partial charge on any atom is 0.410 e. The lowest BCUT2D eigenvalue weighted by atomic mass is 10.2. The SMILES string of the molecule is COc1ccccc1NC(=O)/C(C#N)=C\N1CCN(C(=O)OC(C)(C)C)CC1. The minimum atomic E-state index is -0.543. The fourth-order valence-corrected chi connectivity index (χ4v) is 2.62. The van der Waals surface area contributed by atoms with Gasteiger partial charge in [0.1, 0.15) is 23.0 Å². The molecule has 0 unspecified atom stereocenters. The summed E-state index contributed by atoms with van der Waals surface area (Å²) in [5.74, 6) is 0.000636. The zero-order chi connectivity index (χ0) is 20.7. The number of piperazine rings is 1. The van der Waals surface area contributed by atoms with E-state index >= 15 is 0 Å². The Morgan fingerprint density at radius 1 is 1.18 bits per heavy atom. The quantitative estimate of drug-likeness (QED) is 0.631. The first-order chi connectivity index (χ1) is 13.2. The van der Waals surface area contributed by atoms with Gasteiger partial charge in [-0.15, -0.1) is 0 Å². The third-order valence-electron chi connectivity index (χ3n) is 4.00. The van der Waals surface area contributed by atoms with E-state index in [2.05, 4.69) is 5.32 Å². The molecule has 0 radical (unpaired) electrons. The van der Waals surface area contributed by atoms with E-state index in [4.69, 9.17) is 9.47 Å². The van der Waals surface area contributed by atoms with Crippen LogP contribution in [-0.2, 0) is 9.53 Å². The molecule has 150 valence electrons. The van der Waals surface area contributed by atoms with Crippen molar-refractivity contribution in [2.75, 3.05) is 38.6 Å². The summed E-state index contributed by atoms with van der Waals surface area (Å²) in [4.78, 5) is 28.0. The lowest BCUT2D eigenvalue weighted by Crippen LogP contribution is -2.48. The van der Waals surface area contributed by atoms with Crippen molar-refractivity contribution in [1.82, 2.24) is 9.80 Å². The molecule has 1 aromatic carbocycles. The van der Waals surface area contributed by atoms with Gasteiger partial charge in [0, 0.05) is 32.4 Å². The van der Waals surface area contributed by atoms with E-state index in [1.807, 2.05) is 31.7 Å². The van der Waals surface area contributed by atoms with E-state index in [9.17, 15) is 14.9 Å². The van der Waals surface area contributed by atoms with Crippen LogP contribution in [-0.4, -0.2) is 60.7 Å². The molecular formula is C20H26N4O4. The fourth-order valence-electron chi connectivity index (χ4n) is 2.62. The van der Waals surface area contributed by atoms with Crippen LogP contribution in [0, 0.1) is 11.3 Å². The number of anilines is 1. The molecule has 0 bridgehead atoms. The largest absolute Gasteiger partial charge is 0.495 e. The summed E-state index contributed by atoms with van der Waals surface area (Å²) >= 11 is 0. The van der Waals surface area contributed by atoms with Crippen molar-refractivity contribution >= 4 is 17.7 Å². The van der Waals surface area contributed by atoms with E-state index in [1.54, 1.807) is 29.2 Å². The van der Waals surface area contributed by atoms with Crippen LogP contribution < -0.4 is 10.1 Å². The van der Waals surface area contributed by atoms with E-state index < -0.39 is 11.5 Å². The van der Waals surface area contributed by atoms with Crippen molar-refractivity contribution in [2.45, 2.75) is 26.4 Å². The smallest absolute Gasteiger partial charge is 0.410 e. The van der Waals surface area contributed by atoms with Crippen LogP contribution >= 0.6 is 0 Å². The first-order valence-electron chi connectivity index (χ1n) is 9.02. The highest BCUT2D eigenvalue weighted by Crippen LogP contribution is 2.23. The highest BCUT2D eigenvalue weighted by Gasteiger charge is 2.25. The number of hydrogen-bond acceptors (Lipinski definition) is 6. The number of hydrogen-bond donors (Lipinski definition) is 1. The number of nitrogens with one attached hydrogen (secondary N) is 1. The average molecular weight is 386 g/mol. The zero-order valence-electron chi connectivity index (χ0n) is 16.7. The summed E-state index contributed by atoms with van der Waals surface area (Å²) in [7, 11) is 1.51. The Labute approximate surface area is 165 Å². The molecular weight excluding hydrogens is 360 g/mol. The summed E-state index contributed by atoms with van der Waals surface area (Å²) in [6, 6.07) is 8.92. The first kappa shape index (κ1) is 21.1. The van der Waals surface area contributed by atoms with Gasteiger partial charge in [0.25, 0.3) is 5.91 Å². The summed E-state index contributed by atoms with van der Waals surface area (Å²) in [6.07, 6.45) is 1.17. The number of amides is 2. The molecule has 8 nitrogen and oxygen atoms in total. The van der Waals surface area contributed by atoms with E-state index in [0.29, 0.717) is 37.6 Å². The second-order valence-electron chi connectivity index (χ2n) is 7.31. The monoisotopic (exact) mass is 386 g/mol. The Morgan fingerprint density at radius 2 is 1.82 bits per heavy atom. The standard InChI is InChI=1S/C20H26N4O4/c1-20(2,3)28-19(26)24-11-9-23(10-12-24)14-15(13-21)18(25)22-16-7-5-6-8-17(16)27-4/h5-8,14H,9-12H2,1-4H3,(H,22,25)/b15-14-. The third kappa shape index (κ3) is 5.91. The van der Waals surface area contributed by atoms with Gasteiger partial charge in [-0.3, -0.25) is 4.79 Å². The van der Waals surface area contributed by atoms with E-state index in [0.717, 1.165) is 0 Å². The number of nitrogens with zero attached hydrogens (tertiary/aromatic N) is 3. The zero-order valence-corrected chi connectivity index (χ0v) is 16.7. The Morgan fingerprint density at radius 3 is 2.39 bits per heavy atom. The maximum absolute atomic E-state index is 12.4. The molecule has 1 saturated heterocycles. The lowest BCUT2D eigenvalue weighted by molar-refractivity contribution is -0.112. The molecule has 0 saturated carbocycles. The van der Waals surface area contributed by atoms with Crippen molar-refractivity contribution in [1.29, 1.82) is 5.26 Å². The van der Waals surface area contributed by atoms with Crippen LogP contribution in [0.3, 0.4) is 0 Å². The van der Waals surface area contributed by atoms with Gasteiger partial charge in [0.2, 0.25) is 0 Å². The predicted molar refractivity (Wildman–Crippen MR) is 105 cm³/mol. The predicted octanol–water partition coefficient (Wildman–Crippen LogP) is 2.59. The molecule has 2 amide bonds. The number of para-hydroxylation sites is 2. The Bertz CT molecular complexity index is 784. The van der Waals surface area contributed by atoms with Crippen molar-refractivity contribution in [2.24, 2.45) is 0 Å². The third-order valence-corrected chi connectivity index (χ3v) is 4.00. The Kier molecular flexibility index (Phi) is 6.88. The summed E-state index contributed by atoms with van der Waals surface area (Å²) in [5.41, 5.74) is -0.0684. The molecule has 1 heterocycles. The molecule has 1 N–H and O–H groups in total. The molecule has 28 heavy (non-hydrogen) atoms. The molecule has 8 heteroatoms. The number of carbonyl (C=O) groups excluding carboxylic acids is 2. The van der Waals surface area contributed by atoms with Gasteiger partial charge in [0.05, 0.1) is 12.8 Å². The van der Waals surface area contributed by atoms with Crippen LogP contribution in [0.5, 0.6) is 5.75 Å². The Balaban J connectivity index is 1.97. The highest BCUT2D eigenvalue weighted by atomic mass is 16.6. The summed E-state index contributed by atoms with van der Waals surface area (Å²) < 4.78 is 10.6. The fraction of sp³-hybridized carbons (Fsp3) is 0.450. The molecule has 0 spiro atoms. The second-order valence-corrected chi connectivity index (χ2v) is 7.31. The van der Waals surface area contributed by atoms with Gasteiger partial charge in [-0.05, 0) is 32.9 Å². The molecule has 1 aliphatic heterocycles. The van der Waals surface area contributed by atoms with Crippen LogP contribution in [0.15, 0.2) is 36.0 Å². The summed E-state index contributed by atoms with van der Waals surface area (Å²) in [6.45, 7) is 7.39. The van der Waals surface area contributed by atoms with Crippen LogP contribution in [0.4, 0.5) is 10.5 Å². The molecule has 1 aromatic rings. The molecule has 0 atom stereocenters. The van der Waals surface area contributed by atoms with Crippen molar-refractivity contribution in [3.05, 3.63) is 36.0 Å². The Hall–Kier alpha value is -3.21. The van der Waals surface area contributed by atoms with Crippen LogP contribution in [0.25, 0.3) is 0 Å². The number of rotatable bonds is 4. The second kappa shape index (κ2) is 9.13. The van der Waals surface area contributed by atoms with Crippen LogP contribution in [0.1, 0.15) is 20.8 Å². The van der Waals surface area contributed by atoms with Gasteiger partial charge >= 0.3 is 6.09 Å². The molecule has 2 rings (SSSR count). The molecule has 1 aliphatic rings. The minimum Gasteiger partial charge on any atom is -0.495 e. The highest BCUT2D eigenvalue weighted by molar-refractivity contribution is 6.07. The molecule has 0 aromatic heterocycles. The van der Waals surface area contributed by atoms with Crippen molar-refractivity contribution < 1.29 is 19.1 Å². The van der Waals surface area contributed by atoms with Gasteiger partial charge in [-0.1, -0.05) is 12.1 Å². The number of benzene rings is 1.